The molecule has 18 heavy (non-hydrogen) atoms. The number of hydrogen-bond donors (Lipinski definition) is 1. The van der Waals surface area contributed by atoms with Crippen molar-refractivity contribution in [1.29, 1.82) is 0 Å². The van der Waals surface area contributed by atoms with Gasteiger partial charge in [0.25, 0.3) is 5.89 Å². The molecule has 1 aliphatic heterocycles. The summed E-state index contributed by atoms with van der Waals surface area (Å²) in [4.78, 5) is 8.85. The Morgan fingerprint density at radius 2 is 2.39 bits per heavy atom. The van der Waals surface area contributed by atoms with Gasteiger partial charge in [0.2, 0.25) is 0 Å². The number of hydrogen-bond acceptors (Lipinski definition) is 7. The molecule has 7 heteroatoms. The zero-order valence-electron chi connectivity index (χ0n) is 10.00. The van der Waals surface area contributed by atoms with E-state index < -0.39 is 0 Å². The van der Waals surface area contributed by atoms with Gasteiger partial charge in [0, 0.05) is 5.38 Å². The fraction of sp³-hybridized carbons (Fsp3) is 0.545. The van der Waals surface area contributed by atoms with Crippen LogP contribution in [0.25, 0.3) is 11.6 Å². The second-order valence-electron chi connectivity index (χ2n) is 4.32. The molecule has 2 aromatic heterocycles. The van der Waals surface area contributed by atoms with Crippen LogP contribution in [0.5, 0.6) is 0 Å². The zero-order valence-corrected chi connectivity index (χ0v) is 11.6. The number of nitrogens with zero attached hydrogens (tertiary/aromatic N) is 3. The monoisotopic (exact) mass is 282 g/mol. The molecule has 0 aliphatic carbocycles. The molecule has 0 spiro atoms. The zero-order chi connectivity index (χ0) is 12.5. The van der Waals surface area contributed by atoms with Gasteiger partial charge in [-0.3, -0.25) is 0 Å². The van der Waals surface area contributed by atoms with E-state index in [2.05, 4.69) is 15.1 Å². The van der Waals surface area contributed by atoms with Crippen molar-refractivity contribution >= 4 is 23.1 Å². The molecule has 5 nitrogen and oxygen atoms in total. The van der Waals surface area contributed by atoms with Crippen molar-refractivity contribution in [1.82, 2.24) is 15.1 Å². The Labute approximate surface area is 113 Å². The molecule has 0 bridgehead atoms. The van der Waals surface area contributed by atoms with Gasteiger partial charge in [0.05, 0.1) is 11.3 Å². The lowest BCUT2D eigenvalue weighted by atomic mass is 10.2. The standard InChI is InChI=1S/C11H14N4OS2/c1-6(12)11-13-7(5-18-11)10-14-9(15-16-10)8-3-2-4-17-8/h5-6,8H,2-4,12H2,1H3. The van der Waals surface area contributed by atoms with E-state index in [-0.39, 0.29) is 6.04 Å². The van der Waals surface area contributed by atoms with E-state index in [0.717, 1.165) is 22.9 Å². The third kappa shape index (κ3) is 2.30. The van der Waals surface area contributed by atoms with Crippen LogP contribution in [0.2, 0.25) is 0 Å². The highest BCUT2D eigenvalue weighted by molar-refractivity contribution is 7.99. The van der Waals surface area contributed by atoms with Crippen LogP contribution in [0, 0.1) is 0 Å². The first-order valence-corrected chi connectivity index (χ1v) is 7.83. The summed E-state index contributed by atoms with van der Waals surface area (Å²) < 4.78 is 5.29. The number of rotatable bonds is 3. The Bertz CT molecular complexity index is 531. The van der Waals surface area contributed by atoms with Crippen LogP contribution in [0.3, 0.4) is 0 Å². The molecule has 3 heterocycles. The molecule has 3 rings (SSSR count). The van der Waals surface area contributed by atoms with Crippen molar-refractivity contribution in [3.8, 4) is 11.6 Å². The van der Waals surface area contributed by atoms with E-state index in [1.54, 1.807) is 0 Å². The average Bonchev–Trinajstić information content (AvgIpc) is 3.10. The molecule has 1 aliphatic rings. The summed E-state index contributed by atoms with van der Waals surface area (Å²) in [6.45, 7) is 1.91. The minimum Gasteiger partial charge on any atom is -0.332 e. The number of thioether (sulfide) groups is 1. The van der Waals surface area contributed by atoms with Crippen molar-refractivity contribution < 1.29 is 4.52 Å². The van der Waals surface area contributed by atoms with Gasteiger partial charge in [-0.15, -0.1) is 11.3 Å². The summed E-state index contributed by atoms with van der Waals surface area (Å²) in [6.07, 6.45) is 2.36. The molecule has 2 atom stereocenters. The Hall–Kier alpha value is -0.920. The Kier molecular flexibility index (Phi) is 3.36. The lowest BCUT2D eigenvalue weighted by Gasteiger charge is -1.98. The number of thiazole rings is 1. The van der Waals surface area contributed by atoms with Crippen LogP contribution in [-0.4, -0.2) is 20.9 Å². The van der Waals surface area contributed by atoms with Crippen LogP contribution >= 0.6 is 23.1 Å². The summed E-state index contributed by atoms with van der Waals surface area (Å²) in [5.74, 6) is 2.48. The highest BCUT2D eigenvalue weighted by Crippen LogP contribution is 2.38. The fourth-order valence-electron chi connectivity index (χ4n) is 1.85. The smallest absolute Gasteiger partial charge is 0.277 e. The topological polar surface area (TPSA) is 77.8 Å². The molecule has 0 saturated carbocycles. The Balaban J connectivity index is 1.83. The van der Waals surface area contributed by atoms with Crippen molar-refractivity contribution in [2.75, 3.05) is 5.75 Å². The van der Waals surface area contributed by atoms with Gasteiger partial charge in [0.1, 0.15) is 10.7 Å². The van der Waals surface area contributed by atoms with Gasteiger partial charge in [-0.25, -0.2) is 4.98 Å². The van der Waals surface area contributed by atoms with Gasteiger partial charge >= 0.3 is 0 Å². The SMILES string of the molecule is CC(N)c1nc(-c2nc(C3CCCS3)no2)cs1. The lowest BCUT2D eigenvalue weighted by Crippen LogP contribution is -2.03. The Morgan fingerprint density at radius 3 is 3.06 bits per heavy atom. The molecule has 1 fully saturated rings. The largest absolute Gasteiger partial charge is 0.332 e. The maximum absolute atomic E-state index is 5.79. The van der Waals surface area contributed by atoms with E-state index >= 15 is 0 Å². The highest BCUT2D eigenvalue weighted by atomic mass is 32.2. The molecule has 1 saturated heterocycles. The van der Waals surface area contributed by atoms with Gasteiger partial charge in [-0.2, -0.15) is 16.7 Å². The minimum absolute atomic E-state index is 0.0588. The van der Waals surface area contributed by atoms with Crippen molar-refractivity contribution in [3.63, 3.8) is 0 Å². The van der Waals surface area contributed by atoms with Crippen LogP contribution in [-0.2, 0) is 0 Å². The highest BCUT2D eigenvalue weighted by Gasteiger charge is 2.24. The quantitative estimate of drug-likeness (QED) is 0.932. The first-order valence-electron chi connectivity index (χ1n) is 5.90. The summed E-state index contributed by atoms with van der Waals surface area (Å²) in [6, 6.07) is -0.0588. The molecule has 2 aromatic rings. The normalized spacial score (nSPS) is 21.3. The predicted octanol–water partition coefficient (Wildman–Crippen LogP) is 2.78. The second kappa shape index (κ2) is 4.99. The van der Waals surface area contributed by atoms with E-state index in [4.69, 9.17) is 10.3 Å². The molecule has 2 unspecified atom stereocenters. The van der Waals surface area contributed by atoms with Crippen molar-refractivity contribution in [3.05, 3.63) is 16.2 Å². The van der Waals surface area contributed by atoms with Gasteiger partial charge in [-0.05, 0) is 25.5 Å². The summed E-state index contributed by atoms with van der Waals surface area (Å²) in [5.41, 5.74) is 6.52. The first kappa shape index (κ1) is 12.1. The fourth-order valence-corrected chi connectivity index (χ4v) is 3.79. The molecular formula is C11H14N4OS2. The van der Waals surface area contributed by atoms with E-state index in [9.17, 15) is 0 Å². The van der Waals surface area contributed by atoms with E-state index in [1.807, 2.05) is 24.1 Å². The number of nitrogens with two attached hydrogens (primary N) is 1. The van der Waals surface area contributed by atoms with Crippen LogP contribution in [0.1, 0.15) is 41.9 Å². The van der Waals surface area contributed by atoms with E-state index in [0.29, 0.717) is 11.1 Å². The molecule has 0 aromatic carbocycles. The average molecular weight is 282 g/mol. The molecule has 96 valence electrons. The number of aromatic nitrogens is 3. The first-order chi connectivity index (χ1) is 8.74. The van der Waals surface area contributed by atoms with Crippen molar-refractivity contribution in [2.24, 2.45) is 5.73 Å². The minimum atomic E-state index is -0.0588. The maximum atomic E-state index is 5.79. The second-order valence-corrected chi connectivity index (χ2v) is 6.52. The van der Waals surface area contributed by atoms with Crippen molar-refractivity contribution in [2.45, 2.75) is 31.1 Å². The third-order valence-electron chi connectivity index (χ3n) is 2.79. The third-order valence-corrected chi connectivity index (χ3v) is 5.21. The summed E-state index contributed by atoms with van der Waals surface area (Å²) >= 11 is 3.42. The molecular weight excluding hydrogens is 268 g/mol. The summed E-state index contributed by atoms with van der Waals surface area (Å²) in [7, 11) is 0. The van der Waals surface area contributed by atoms with Gasteiger partial charge in [0.15, 0.2) is 5.82 Å². The molecule has 2 N–H and O–H groups in total. The Morgan fingerprint density at radius 1 is 1.50 bits per heavy atom. The summed E-state index contributed by atoms with van der Waals surface area (Å²) in [5, 5.41) is 7.24. The molecule has 0 radical (unpaired) electrons. The van der Waals surface area contributed by atoms with Crippen LogP contribution in [0.4, 0.5) is 0 Å². The van der Waals surface area contributed by atoms with Crippen LogP contribution in [0.15, 0.2) is 9.90 Å². The molecule has 0 amide bonds. The van der Waals surface area contributed by atoms with E-state index in [1.165, 1.54) is 23.5 Å². The van der Waals surface area contributed by atoms with Gasteiger partial charge < -0.3 is 10.3 Å². The van der Waals surface area contributed by atoms with Gasteiger partial charge in [-0.1, -0.05) is 5.16 Å². The van der Waals surface area contributed by atoms with Crippen LogP contribution < -0.4 is 5.73 Å². The predicted molar refractivity (Wildman–Crippen MR) is 72.4 cm³/mol. The maximum Gasteiger partial charge on any atom is 0.277 e. The lowest BCUT2D eigenvalue weighted by molar-refractivity contribution is 0.420.